The van der Waals surface area contributed by atoms with Gasteiger partial charge in [-0.2, -0.15) is 9.97 Å². The standard InChI is InChI=1S/C10H11N5O3.C6H4/c1-5-12-9(14-11)13-10(18)15(5)6-2-3-7(16)8(17)4-6;1-2-6-4-3-5(1)6/h2-4,16-17H,11H2,1H3,(H,13,14,18);1-4H. The van der Waals surface area contributed by atoms with Gasteiger partial charge in [0.1, 0.15) is 5.82 Å². The van der Waals surface area contributed by atoms with Gasteiger partial charge in [0.15, 0.2) is 11.5 Å². The first-order valence-corrected chi connectivity index (χ1v) is 7.06. The van der Waals surface area contributed by atoms with Gasteiger partial charge in [-0.1, -0.05) is 24.3 Å². The van der Waals surface area contributed by atoms with Crippen LogP contribution in [0.25, 0.3) is 16.8 Å². The molecule has 0 unspecified atom stereocenters. The van der Waals surface area contributed by atoms with Crippen molar-refractivity contribution in [3.8, 4) is 28.3 Å². The highest BCUT2D eigenvalue weighted by Gasteiger charge is 2.10. The van der Waals surface area contributed by atoms with Crippen LogP contribution in [0.2, 0.25) is 0 Å². The number of nitrogens with zero attached hydrogens (tertiary/aromatic N) is 3. The van der Waals surface area contributed by atoms with Gasteiger partial charge in [0.05, 0.1) is 5.69 Å². The third kappa shape index (κ3) is 2.77. The van der Waals surface area contributed by atoms with Gasteiger partial charge in [-0.15, -0.1) is 0 Å². The highest BCUT2D eigenvalue weighted by Crippen LogP contribution is 2.29. The normalized spacial score (nSPS) is 10.6. The molecule has 0 radical (unpaired) electrons. The summed E-state index contributed by atoms with van der Waals surface area (Å²) in [6.07, 6.45) is 0. The van der Waals surface area contributed by atoms with E-state index in [4.69, 9.17) is 5.84 Å². The topological polar surface area (TPSA) is 126 Å². The second-order valence-electron chi connectivity index (χ2n) is 5.11. The largest absolute Gasteiger partial charge is 0.504 e. The zero-order valence-corrected chi connectivity index (χ0v) is 12.8. The average Bonchev–Trinajstić information content (AvgIpc) is 2.54. The summed E-state index contributed by atoms with van der Waals surface area (Å²) in [7, 11) is 0. The van der Waals surface area contributed by atoms with E-state index in [-0.39, 0.29) is 17.4 Å². The van der Waals surface area contributed by atoms with Crippen LogP contribution in [-0.4, -0.2) is 24.7 Å². The van der Waals surface area contributed by atoms with E-state index in [1.165, 1.54) is 33.9 Å². The quantitative estimate of drug-likeness (QED) is 0.248. The second-order valence-corrected chi connectivity index (χ2v) is 5.11. The Morgan fingerprint density at radius 3 is 2.04 bits per heavy atom. The molecule has 0 bridgehead atoms. The number of phenolic OH excluding ortho intramolecular Hbond substituents is 2. The molecule has 0 spiro atoms. The summed E-state index contributed by atoms with van der Waals surface area (Å²) in [6, 6.07) is 12.5. The van der Waals surface area contributed by atoms with E-state index in [1.54, 1.807) is 6.92 Å². The Hall–Kier alpha value is -3.39. The van der Waals surface area contributed by atoms with E-state index < -0.39 is 5.69 Å². The van der Waals surface area contributed by atoms with E-state index in [0.29, 0.717) is 11.5 Å². The molecule has 0 saturated carbocycles. The number of nitrogens with one attached hydrogen (secondary N) is 1. The van der Waals surface area contributed by atoms with Gasteiger partial charge < -0.3 is 10.2 Å². The van der Waals surface area contributed by atoms with E-state index in [0.717, 1.165) is 0 Å². The SMILES string of the molecule is Cc1nc(NN)nc(=O)n1-c1ccc(O)c(O)c1.c1cc2ccc1-2. The number of fused-ring (bicyclic) bond motifs is 1. The second kappa shape index (κ2) is 6.01. The Morgan fingerprint density at radius 1 is 1.00 bits per heavy atom. The van der Waals surface area contributed by atoms with Crippen LogP contribution in [0.15, 0.2) is 47.3 Å². The van der Waals surface area contributed by atoms with Crippen molar-refractivity contribution in [2.75, 3.05) is 5.43 Å². The zero-order chi connectivity index (χ0) is 17.3. The van der Waals surface area contributed by atoms with Gasteiger partial charge in [0, 0.05) is 6.07 Å². The van der Waals surface area contributed by atoms with Crippen LogP contribution < -0.4 is 17.0 Å². The molecule has 0 fully saturated rings. The van der Waals surface area contributed by atoms with Crippen LogP contribution in [0.5, 0.6) is 11.5 Å². The molecule has 1 heterocycles. The van der Waals surface area contributed by atoms with E-state index >= 15 is 0 Å². The molecule has 4 rings (SSSR count). The maximum atomic E-state index is 11.8. The minimum absolute atomic E-state index is 0.0109. The lowest BCUT2D eigenvalue weighted by atomic mass is 9.95. The number of anilines is 1. The molecule has 8 heteroatoms. The number of hydrogen-bond acceptors (Lipinski definition) is 7. The van der Waals surface area contributed by atoms with Gasteiger partial charge in [0.2, 0.25) is 5.95 Å². The number of aromatic nitrogens is 3. The van der Waals surface area contributed by atoms with E-state index in [9.17, 15) is 15.0 Å². The minimum atomic E-state index is -0.597. The molecule has 0 atom stereocenters. The number of hydrazine groups is 1. The van der Waals surface area contributed by atoms with Crippen molar-refractivity contribution < 1.29 is 10.2 Å². The smallest absolute Gasteiger partial charge is 0.356 e. The Kier molecular flexibility index (Phi) is 3.88. The summed E-state index contributed by atoms with van der Waals surface area (Å²) >= 11 is 0. The van der Waals surface area contributed by atoms with Crippen molar-refractivity contribution in [1.82, 2.24) is 14.5 Å². The van der Waals surface area contributed by atoms with Crippen molar-refractivity contribution in [3.63, 3.8) is 0 Å². The number of aryl methyl sites for hydroxylation is 1. The molecule has 24 heavy (non-hydrogen) atoms. The molecule has 5 N–H and O–H groups in total. The van der Waals surface area contributed by atoms with Gasteiger partial charge >= 0.3 is 5.69 Å². The fourth-order valence-corrected chi connectivity index (χ4v) is 2.18. The molecule has 1 aromatic heterocycles. The summed E-state index contributed by atoms with van der Waals surface area (Å²) < 4.78 is 1.18. The van der Waals surface area contributed by atoms with Gasteiger partial charge in [-0.3, -0.25) is 5.43 Å². The summed E-state index contributed by atoms with van der Waals surface area (Å²) in [4.78, 5) is 19.3. The minimum Gasteiger partial charge on any atom is -0.504 e. The predicted molar refractivity (Wildman–Crippen MR) is 88.9 cm³/mol. The Balaban J connectivity index is 0.000000231. The molecule has 2 aliphatic rings. The maximum absolute atomic E-state index is 11.8. The molecule has 8 nitrogen and oxygen atoms in total. The lowest BCUT2D eigenvalue weighted by Gasteiger charge is -2.10. The Labute approximate surface area is 136 Å². The lowest BCUT2D eigenvalue weighted by molar-refractivity contribution is 0.403. The van der Waals surface area contributed by atoms with Crippen molar-refractivity contribution in [3.05, 3.63) is 58.8 Å². The number of phenols is 2. The fourth-order valence-electron chi connectivity index (χ4n) is 2.18. The highest BCUT2D eigenvalue weighted by molar-refractivity contribution is 5.75. The zero-order valence-electron chi connectivity index (χ0n) is 12.8. The molecule has 2 aliphatic carbocycles. The summed E-state index contributed by atoms with van der Waals surface area (Å²) in [5.74, 6) is 4.87. The van der Waals surface area contributed by atoms with Crippen molar-refractivity contribution in [1.29, 1.82) is 0 Å². The monoisotopic (exact) mass is 325 g/mol. The van der Waals surface area contributed by atoms with Crippen LogP contribution >= 0.6 is 0 Å². The maximum Gasteiger partial charge on any atom is 0.356 e. The van der Waals surface area contributed by atoms with Gasteiger partial charge in [-0.25, -0.2) is 15.2 Å². The van der Waals surface area contributed by atoms with Crippen LogP contribution in [0.4, 0.5) is 5.95 Å². The Bertz CT molecular complexity index is 930. The summed E-state index contributed by atoms with van der Waals surface area (Å²) in [5.41, 5.74) is 4.78. The number of aromatic hydroxyl groups is 2. The Morgan fingerprint density at radius 2 is 1.62 bits per heavy atom. The molecule has 0 amide bonds. The van der Waals surface area contributed by atoms with Gasteiger partial charge in [0.25, 0.3) is 0 Å². The molecular formula is C16H15N5O3. The molecule has 122 valence electrons. The van der Waals surface area contributed by atoms with Crippen LogP contribution in [0, 0.1) is 6.92 Å². The average molecular weight is 325 g/mol. The van der Waals surface area contributed by atoms with Crippen LogP contribution in [-0.2, 0) is 0 Å². The first-order chi connectivity index (χ1) is 11.5. The van der Waals surface area contributed by atoms with E-state index in [2.05, 4.69) is 39.7 Å². The van der Waals surface area contributed by atoms with Crippen LogP contribution in [0.1, 0.15) is 5.82 Å². The number of nitrogen functional groups attached to an aromatic ring is 1. The molecule has 0 saturated heterocycles. The highest BCUT2D eigenvalue weighted by atomic mass is 16.3. The molecule has 0 aliphatic heterocycles. The molecular weight excluding hydrogens is 310 g/mol. The number of hydrogen-bond donors (Lipinski definition) is 4. The van der Waals surface area contributed by atoms with Crippen molar-refractivity contribution >= 4 is 5.95 Å². The first kappa shape index (κ1) is 15.5. The number of benzene rings is 2. The number of nitrogens with two attached hydrogens (primary N) is 1. The number of rotatable bonds is 2. The first-order valence-electron chi connectivity index (χ1n) is 7.06. The van der Waals surface area contributed by atoms with Crippen molar-refractivity contribution in [2.24, 2.45) is 5.84 Å². The van der Waals surface area contributed by atoms with Crippen molar-refractivity contribution in [2.45, 2.75) is 6.92 Å². The molecule has 1 aromatic carbocycles. The predicted octanol–water partition coefficient (Wildman–Crippen LogP) is 1.30. The summed E-state index contributed by atoms with van der Waals surface area (Å²) in [6.45, 7) is 1.59. The van der Waals surface area contributed by atoms with E-state index in [1.807, 2.05) is 0 Å². The third-order valence-electron chi connectivity index (χ3n) is 3.55. The summed E-state index contributed by atoms with van der Waals surface area (Å²) in [5, 5.41) is 18.6. The fraction of sp³-hybridized carbons (Fsp3) is 0.0625. The molecule has 2 aromatic rings. The lowest BCUT2D eigenvalue weighted by Crippen LogP contribution is -2.27. The van der Waals surface area contributed by atoms with Gasteiger partial charge in [-0.05, 0) is 30.2 Å². The van der Waals surface area contributed by atoms with Crippen LogP contribution in [0.3, 0.4) is 0 Å². The third-order valence-corrected chi connectivity index (χ3v) is 3.55.